The van der Waals surface area contributed by atoms with Gasteiger partial charge >= 0.3 is 0 Å². The smallest absolute Gasteiger partial charge is 0.146 e. The molecule has 0 atom stereocenters. The predicted octanol–water partition coefficient (Wildman–Crippen LogP) is 12.8. The van der Waals surface area contributed by atoms with Crippen LogP contribution in [0.25, 0.3) is 49.9 Å². The number of hydrogen-bond acceptors (Lipinski definition) is 2. The van der Waals surface area contributed by atoms with Crippen molar-refractivity contribution in [2.75, 3.05) is 0 Å². The minimum atomic E-state index is 0.262. The maximum absolute atomic E-state index is 9.25. The molecule has 0 radical (unpaired) electrons. The van der Waals surface area contributed by atoms with Crippen LogP contribution in [0.3, 0.4) is 0 Å². The molecule has 0 heterocycles. The Kier molecular flexibility index (Phi) is 10.3. The second kappa shape index (κ2) is 16.0. The van der Waals surface area contributed by atoms with Crippen LogP contribution >= 0.6 is 0 Å². The number of nitrogens with zero attached hydrogens (tertiary/aromatic N) is 1. The first-order valence-electron chi connectivity index (χ1n) is 18.9. The lowest BCUT2D eigenvalue weighted by molar-refractivity contribution is 0.996. The van der Waals surface area contributed by atoms with E-state index in [4.69, 9.17) is 5.10 Å². The summed E-state index contributed by atoms with van der Waals surface area (Å²) in [5, 5.41) is 18.8. The van der Waals surface area contributed by atoms with Gasteiger partial charge in [0.15, 0.2) is 0 Å². The van der Waals surface area contributed by atoms with Gasteiger partial charge in [0.1, 0.15) is 5.84 Å². The Morgan fingerprint density at radius 3 is 2.27 bits per heavy atom. The first-order chi connectivity index (χ1) is 27.1. The van der Waals surface area contributed by atoms with Crippen molar-refractivity contribution in [3.8, 4) is 22.3 Å². The van der Waals surface area contributed by atoms with E-state index in [0.717, 1.165) is 51.6 Å². The van der Waals surface area contributed by atoms with Gasteiger partial charge in [-0.1, -0.05) is 188 Å². The number of rotatable bonds is 11. The van der Waals surface area contributed by atoms with Crippen molar-refractivity contribution in [2.45, 2.75) is 26.2 Å². The molecule has 0 fully saturated rings. The number of benzene rings is 7. The number of hydrazone groups is 1. The van der Waals surface area contributed by atoms with Crippen LogP contribution in [0.5, 0.6) is 0 Å². The van der Waals surface area contributed by atoms with Gasteiger partial charge in [-0.2, -0.15) is 5.10 Å². The van der Waals surface area contributed by atoms with E-state index in [1.54, 1.807) is 0 Å². The van der Waals surface area contributed by atoms with Crippen molar-refractivity contribution >= 4 is 39.2 Å². The van der Waals surface area contributed by atoms with Crippen LogP contribution in [0.15, 0.2) is 193 Å². The average Bonchev–Trinajstić information content (AvgIpc) is 3.77. The molecule has 55 heavy (non-hydrogen) atoms. The molecular formula is C52H43N3. The predicted molar refractivity (Wildman–Crippen MR) is 235 cm³/mol. The van der Waals surface area contributed by atoms with Gasteiger partial charge in [0.25, 0.3) is 0 Å². The zero-order valence-electron chi connectivity index (χ0n) is 31.1. The number of fused-ring (bicyclic) bond motifs is 2. The van der Waals surface area contributed by atoms with Crippen molar-refractivity contribution < 1.29 is 0 Å². The summed E-state index contributed by atoms with van der Waals surface area (Å²) < 4.78 is 0. The van der Waals surface area contributed by atoms with E-state index in [1.807, 2.05) is 18.2 Å². The topological polar surface area (TPSA) is 48.2 Å². The van der Waals surface area contributed by atoms with Crippen LogP contribution in [0.1, 0.15) is 39.8 Å². The largest absolute Gasteiger partial charge is 0.283 e. The summed E-state index contributed by atoms with van der Waals surface area (Å²) in [5.41, 5.74) is 16.9. The summed E-state index contributed by atoms with van der Waals surface area (Å²) in [4.78, 5) is 0. The van der Waals surface area contributed by atoms with E-state index in [1.165, 1.54) is 49.7 Å². The Hall–Kier alpha value is -6.84. The van der Waals surface area contributed by atoms with Crippen LogP contribution in [0.2, 0.25) is 0 Å². The van der Waals surface area contributed by atoms with Crippen molar-refractivity contribution in [3.05, 3.63) is 222 Å². The molecule has 0 saturated carbocycles. The van der Waals surface area contributed by atoms with E-state index >= 15 is 0 Å². The molecule has 2 N–H and O–H groups in total. The monoisotopic (exact) mass is 709 g/mol. The molecule has 0 bridgehead atoms. The van der Waals surface area contributed by atoms with Crippen LogP contribution in [-0.2, 0) is 12.8 Å². The summed E-state index contributed by atoms with van der Waals surface area (Å²) in [5.74, 6) is 0.262. The van der Waals surface area contributed by atoms with Crippen molar-refractivity contribution in [2.24, 2.45) is 5.10 Å². The average molecular weight is 710 g/mol. The van der Waals surface area contributed by atoms with Crippen molar-refractivity contribution in [1.29, 1.82) is 5.41 Å². The minimum Gasteiger partial charge on any atom is -0.283 e. The summed E-state index contributed by atoms with van der Waals surface area (Å²) >= 11 is 0. The highest BCUT2D eigenvalue weighted by molar-refractivity contribution is 6.13. The second-order valence-electron chi connectivity index (χ2n) is 14.1. The van der Waals surface area contributed by atoms with Crippen LogP contribution in [0.4, 0.5) is 0 Å². The van der Waals surface area contributed by atoms with Gasteiger partial charge in [0.2, 0.25) is 0 Å². The number of nitrogens with one attached hydrogen (secondary N) is 2. The number of aryl methyl sites for hydroxylation is 1. The molecular weight excluding hydrogens is 667 g/mol. The van der Waals surface area contributed by atoms with E-state index in [2.05, 4.69) is 183 Å². The molecule has 0 spiro atoms. The molecule has 7 aromatic rings. The van der Waals surface area contributed by atoms with Crippen molar-refractivity contribution in [1.82, 2.24) is 5.43 Å². The summed E-state index contributed by atoms with van der Waals surface area (Å²) in [6.45, 7) is 6.10. The zero-order valence-corrected chi connectivity index (χ0v) is 31.1. The SMILES string of the molecule is C=C/C=C\c1c(Cc2cccc3ccccc23)cccc1-c1ccc(C(=N)N/N=C(\Cc2ccc(-c3cccc(C)c3)cc2)C2=CC=CC2)c2ccccc12. The lowest BCUT2D eigenvalue weighted by Crippen LogP contribution is -2.21. The summed E-state index contributed by atoms with van der Waals surface area (Å²) in [7, 11) is 0. The molecule has 1 aliphatic rings. The number of allylic oxidation sites excluding steroid dienone is 6. The van der Waals surface area contributed by atoms with Crippen LogP contribution in [-0.4, -0.2) is 11.5 Å². The molecule has 0 saturated heterocycles. The highest BCUT2D eigenvalue weighted by Crippen LogP contribution is 2.36. The Balaban J connectivity index is 1.10. The third-order valence-electron chi connectivity index (χ3n) is 10.5. The van der Waals surface area contributed by atoms with Crippen LogP contribution in [0, 0.1) is 12.3 Å². The third-order valence-corrected chi connectivity index (χ3v) is 10.5. The van der Waals surface area contributed by atoms with Crippen LogP contribution < -0.4 is 5.43 Å². The van der Waals surface area contributed by atoms with Gasteiger partial charge in [-0.3, -0.25) is 10.8 Å². The summed E-state index contributed by atoms with van der Waals surface area (Å²) in [6, 6.07) is 51.7. The first-order valence-corrected chi connectivity index (χ1v) is 18.9. The molecule has 1 aliphatic carbocycles. The normalized spacial score (nSPS) is 12.7. The quantitative estimate of drug-likeness (QED) is 0.0597. The van der Waals surface area contributed by atoms with Gasteiger partial charge in [0.05, 0.1) is 5.71 Å². The number of hydrogen-bond donors (Lipinski definition) is 2. The van der Waals surface area contributed by atoms with E-state index in [9.17, 15) is 5.41 Å². The highest BCUT2D eigenvalue weighted by atomic mass is 15.3. The third kappa shape index (κ3) is 7.65. The van der Waals surface area contributed by atoms with Gasteiger partial charge in [0, 0.05) is 12.0 Å². The number of amidine groups is 1. The first kappa shape index (κ1) is 35.2. The van der Waals surface area contributed by atoms with Gasteiger partial charge in [-0.15, -0.1) is 0 Å². The molecule has 7 aromatic carbocycles. The molecule has 0 unspecified atom stereocenters. The lowest BCUT2D eigenvalue weighted by atomic mass is 9.87. The summed E-state index contributed by atoms with van der Waals surface area (Å²) in [6.07, 6.45) is 14.7. The molecule has 266 valence electrons. The van der Waals surface area contributed by atoms with E-state index in [0.29, 0.717) is 6.42 Å². The minimum absolute atomic E-state index is 0.262. The van der Waals surface area contributed by atoms with Gasteiger partial charge in [-0.05, 0) is 97.5 Å². The fourth-order valence-electron chi connectivity index (χ4n) is 7.67. The highest BCUT2D eigenvalue weighted by Gasteiger charge is 2.17. The molecule has 3 heteroatoms. The standard InChI is InChI=1S/C52H43N3/c1-3-4-22-45-43(35-42-20-12-18-39-15-7-8-23-44(39)42)21-13-26-46(45)49-31-32-50(48-25-10-9-24-47(48)49)52(53)55-54-51(40-16-5-6-17-40)34-37-27-29-38(30-28-37)41-19-11-14-36(2)33-41/h3-16,18-33H,1,17,34-35H2,2H3,(H2,53,55)/b22-4-,54-51+. The lowest BCUT2D eigenvalue weighted by Gasteiger charge is -2.17. The molecule has 0 amide bonds. The van der Waals surface area contributed by atoms with Gasteiger partial charge in [-0.25, -0.2) is 0 Å². The fraction of sp³-hybridized carbons (Fsp3) is 0.0769. The second-order valence-corrected chi connectivity index (χ2v) is 14.1. The molecule has 3 nitrogen and oxygen atoms in total. The molecule has 8 rings (SSSR count). The van der Waals surface area contributed by atoms with Crippen molar-refractivity contribution in [3.63, 3.8) is 0 Å². The Labute approximate surface area is 323 Å². The van der Waals surface area contributed by atoms with E-state index in [-0.39, 0.29) is 5.84 Å². The Morgan fingerprint density at radius 1 is 0.727 bits per heavy atom. The maximum atomic E-state index is 9.25. The Morgan fingerprint density at radius 2 is 1.47 bits per heavy atom. The fourth-order valence-corrected chi connectivity index (χ4v) is 7.67. The van der Waals surface area contributed by atoms with Gasteiger partial charge < -0.3 is 0 Å². The zero-order chi connectivity index (χ0) is 37.6. The Bertz CT molecular complexity index is 2680. The van der Waals surface area contributed by atoms with E-state index < -0.39 is 0 Å². The molecule has 0 aromatic heterocycles. The molecule has 0 aliphatic heterocycles. The maximum Gasteiger partial charge on any atom is 0.146 e.